The maximum absolute atomic E-state index is 14.3. The van der Waals surface area contributed by atoms with Gasteiger partial charge in [0.15, 0.2) is 5.16 Å². The Balaban J connectivity index is 1.55. The molecule has 5 rings (SSSR count). The van der Waals surface area contributed by atoms with Crippen molar-refractivity contribution >= 4 is 34.0 Å². The predicted octanol–water partition coefficient (Wildman–Crippen LogP) is 5.84. The number of nitrogens with zero attached hydrogens (tertiary/aromatic N) is 3. The third-order valence-electron chi connectivity index (χ3n) is 4.79. The number of para-hydroxylation sites is 1. The molecule has 0 amide bonds. The molecule has 8 heteroatoms. The van der Waals surface area contributed by atoms with Gasteiger partial charge in [-0.3, -0.25) is 9.36 Å². The lowest BCUT2D eigenvalue weighted by Crippen LogP contribution is -2.22. The molecule has 0 fully saturated rings. The highest BCUT2D eigenvalue weighted by Gasteiger charge is 2.16. The second-order valence-electron chi connectivity index (χ2n) is 6.90. The standard InChI is InChI=1S/C23H16FN3O2S2/c1-14-8-9-16(11-18(14)24)27-22(28)17-5-2-3-6-19(17)26-23(27)31-13-15-12-29-21(25-15)20-7-4-10-30-20/h2-12H,13H2,1H3. The molecule has 0 bridgehead atoms. The maximum Gasteiger partial charge on any atom is 0.266 e. The summed E-state index contributed by atoms with van der Waals surface area (Å²) in [5.74, 6) is 0.647. The lowest BCUT2D eigenvalue weighted by atomic mass is 10.2. The SMILES string of the molecule is Cc1ccc(-n2c(SCc3coc(-c4cccs4)n3)nc3ccccc3c2=O)cc1F. The number of halogens is 1. The summed E-state index contributed by atoms with van der Waals surface area (Å²) < 4.78 is 21.3. The molecule has 0 saturated heterocycles. The van der Waals surface area contributed by atoms with Crippen LogP contribution in [-0.4, -0.2) is 14.5 Å². The second kappa shape index (κ2) is 8.13. The van der Waals surface area contributed by atoms with E-state index >= 15 is 0 Å². The van der Waals surface area contributed by atoms with Crippen LogP contribution < -0.4 is 5.56 Å². The van der Waals surface area contributed by atoms with Gasteiger partial charge >= 0.3 is 0 Å². The number of thioether (sulfide) groups is 1. The van der Waals surface area contributed by atoms with Gasteiger partial charge in [-0.2, -0.15) is 0 Å². The Morgan fingerprint density at radius 3 is 2.81 bits per heavy atom. The summed E-state index contributed by atoms with van der Waals surface area (Å²) >= 11 is 2.91. The molecule has 154 valence electrons. The molecular formula is C23H16FN3O2S2. The van der Waals surface area contributed by atoms with Gasteiger partial charge < -0.3 is 4.42 Å². The van der Waals surface area contributed by atoms with E-state index in [0.29, 0.717) is 39.0 Å². The van der Waals surface area contributed by atoms with Gasteiger partial charge in [-0.05, 0) is 48.2 Å². The summed E-state index contributed by atoms with van der Waals surface area (Å²) in [5, 5.41) is 2.91. The van der Waals surface area contributed by atoms with Crippen molar-refractivity contribution in [3.05, 3.63) is 93.7 Å². The molecule has 0 aliphatic carbocycles. The van der Waals surface area contributed by atoms with E-state index in [1.165, 1.54) is 22.4 Å². The Morgan fingerprint density at radius 1 is 1.13 bits per heavy atom. The minimum atomic E-state index is -0.370. The summed E-state index contributed by atoms with van der Waals surface area (Å²) in [6.07, 6.45) is 1.61. The van der Waals surface area contributed by atoms with E-state index in [-0.39, 0.29) is 11.4 Å². The number of hydrogen-bond donors (Lipinski definition) is 0. The van der Waals surface area contributed by atoms with Crippen LogP contribution in [0.3, 0.4) is 0 Å². The van der Waals surface area contributed by atoms with Crippen molar-refractivity contribution in [1.82, 2.24) is 14.5 Å². The van der Waals surface area contributed by atoms with E-state index in [1.807, 2.05) is 23.6 Å². The lowest BCUT2D eigenvalue weighted by molar-refractivity contribution is 0.575. The predicted molar refractivity (Wildman–Crippen MR) is 121 cm³/mol. The van der Waals surface area contributed by atoms with E-state index in [0.717, 1.165) is 10.6 Å². The minimum absolute atomic E-state index is 0.240. The largest absolute Gasteiger partial charge is 0.444 e. The van der Waals surface area contributed by atoms with Crippen LogP contribution in [0.4, 0.5) is 4.39 Å². The lowest BCUT2D eigenvalue weighted by Gasteiger charge is -2.13. The van der Waals surface area contributed by atoms with E-state index in [9.17, 15) is 9.18 Å². The third kappa shape index (κ3) is 3.80. The second-order valence-corrected chi connectivity index (χ2v) is 8.79. The number of fused-ring (bicyclic) bond motifs is 1. The Morgan fingerprint density at radius 2 is 2.00 bits per heavy atom. The molecule has 2 aromatic carbocycles. The van der Waals surface area contributed by atoms with Gasteiger partial charge in [0.2, 0.25) is 5.89 Å². The van der Waals surface area contributed by atoms with E-state index in [1.54, 1.807) is 54.9 Å². The van der Waals surface area contributed by atoms with E-state index < -0.39 is 0 Å². The fourth-order valence-electron chi connectivity index (χ4n) is 3.18. The molecule has 31 heavy (non-hydrogen) atoms. The number of benzene rings is 2. The Kier molecular flexibility index (Phi) is 5.17. The van der Waals surface area contributed by atoms with Crippen molar-refractivity contribution < 1.29 is 8.81 Å². The van der Waals surface area contributed by atoms with Crippen LogP contribution in [0.1, 0.15) is 11.3 Å². The molecule has 3 aromatic heterocycles. The molecular weight excluding hydrogens is 433 g/mol. The number of aromatic nitrogens is 3. The van der Waals surface area contributed by atoms with Crippen LogP contribution in [0.25, 0.3) is 27.4 Å². The maximum atomic E-state index is 14.3. The van der Waals surface area contributed by atoms with Crippen molar-refractivity contribution in [1.29, 1.82) is 0 Å². The summed E-state index contributed by atoms with van der Waals surface area (Å²) in [6.45, 7) is 1.69. The minimum Gasteiger partial charge on any atom is -0.444 e. The van der Waals surface area contributed by atoms with Gasteiger partial charge in [-0.25, -0.2) is 14.4 Å². The molecule has 3 heterocycles. The molecule has 0 aliphatic rings. The zero-order chi connectivity index (χ0) is 21.4. The van der Waals surface area contributed by atoms with Crippen LogP contribution in [-0.2, 0) is 5.75 Å². The van der Waals surface area contributed by atoms with Crippen molar-refractivity contribution in [3.8, 4) is 16.5 Å². The molecule has 0 saturated carbocycles. The van der Waals surface area contributed by atoms with Crippen molar-refractivity contribution in [3.63, 3.8) is 0 Å². The quantitative estimate of drug-likeness (QED) is 0.249. The molecule has 0 unspecified atom stereocenters. The topological polar surface area (TPSA) is 60.9 Å². The third-order valence-corrected chi connectivity index (χ3v) is 6.62. The normalized spacial score (nSPS) is 11.3. The van der Waals surface area contributed by atoms with Gasteiger partial charge in [-0.1, -0.05) is 36.0 Å². The average molecular weight is 450 g/mol. The van der Waals surface area contributed by atoms with Crippen molar-refractivity contribution in [2.75, 3.05) is 0 Å². The Hall–Kier alpha value is -3.23. The molecule has 0 spiro atoms. The summed E-state index contributed by atoms with van der Waals surface area (Å²) in [5.41, 5.74) is 2.04. The number of hydrogen-bond acceptors (Lipinski definition) is 6. The monoisotopic (exact) mass is 449 g/mol. The van der Waals surface area contributed by atoms with Gasteiger partial charge in [0.05, 0.1) is 27.2 Å². The highest BCUT2D eigenvalue weighted by molar-refractivity contribution is 7.98. The first kappa shape index (κ1) is 19.7. The highest BCUT2D eigenvalue weighted by Crippen LogP contribution is 2.28. The fraction of sp³-hybridized carbons (Fsp3) is 0.0870. The van der Waals surface area contributed by atoms with Crippen LogP contribution >= 0.6 is 23.1 Å². The van der Waals surface area contributed by atoms with Crippen molar-refractivity contribution in [2.24, 2.45) is 0 Å². The number of oxazole rings is 1. The highest BCUT2D eigenvalue weighted by atomic mass is 32.2. The van der Waals surface area contributed by atoms with E-state index in [2.05, 4.69) is 9.97 Å². The molecule has 0 atom stereocenters. The van der Waals surface area contributed by atoms with Crippen LogP contribution in [0.5, 0.6) is 0 Å². The Labute approximate surface area is 185 Å². The first-order valence-electron chi connectivity index (χ1n) is 9.49. The molecule has 0 aliphatic heterocycles. The van der Waals surface area contributed by atoms with Gasteiger partial charge in [0.1, 0.15) is 12.1 Å². The van der Waals surface area contributed by atoms with Gasteiger partial charge in [0.25, 0.3) is 5.56 Å². The zero-order valence-electron chi connectivity index (χ0n) is 16.4. The fourth-order valence-corrected chi connectivity index (χ4v) is 4.73. The van der Waals surface area contributed by atoms with Crippen LogP contribution in [0, 0.1) is 12.7 Å². The summed E-state index contributed by atoms with van der Waals surface area (Å²) in [4.78, 5) is 23.4. The average Bonchev–Trinajstić information content (AvgIpc) is 3.46. The van der Waals surface area contributed by atoms with Gasteiger partial charge in [-0.15, -0.1) is 11.3 Å². The summed E-state index contributed by atoms with van der Waals surface area (Å²) in [7, 11) is 0. The Bertz CT molecular complexity index is 1440. The molecule has 0 radical (unpaired) electrons. The smallest absolute Gasteiger partial charge is 0.266 e. The summed E-state index contributed by atoms with van der Waals surface area (Å²) in [6, 6.07) is 15.8. The molecule has 0 N–H and O–H groups in total. The van der Waals surface area contributed by atoms with Crippen molar-refractivity contribution in [2.45, 2.75) is 17.8 Å². The first-order valence-corrected chi connectivity index (χ1v) is 11.4. The number of aryl methyl sites for hydroxylation is 1. The van der Waals surface area contributed by atoms with E-state index in [4.69, 9.17) is 4.42 Å². The van der Waals surface area contributed by atoms with Crippen LogP contribution in [0.2, 0.25) is 0 Å². The van der Waals surface area contributed by atoms with Gasteiger partial charge in [0, 0.05) is 5.75 Å². The van der Waals surface area contributed by atoms with Crippen LogP contribution in [0.15, 0.2) is 80.6 Å². The zero-order valence-corrected chi connectivity index (χ0v) is 18.0. The molecule has 5 nitrogen and oxygen atoms in total. The number of thiophene rings is 1. The molecule has 5 aromatic rings. The first-order chi connectivity index (χ1) is 15.1. The number of rotatable bonds is 5.